The molecular weight excluding hydrogens is 180 g/mol. The summed E-state index contributed by atoms with van der Waals surface area (Å²) in [7, 11) is 0. The summed E-state index contributed by atoms with van der Waals surface area (Å²) < 4.78 is 5.42. The lowest BCUT2D eigenvalue weighted by Crippen LogP contribution is -2.24. The van der Waals surface area contributed by atoms with Crippen molar-refractivity contribution in [3.8, 4) is 0 Å². The van der Waals surface area contributed by atoms with Gasteiger partial charge in [-0.2, -0.15) is 0 Å². The molecule has 1 rings (SSSR count). The number of rotatable bonds is 5. The van der Waals surface area contributed by atoms with Gasteiger partial charge in [0.25, 0.3) is 0 Å². The fraction of sp³-hybridized carbons (Fsp3) is 0.500. The minimum absolute atomic E-state index is 0.114. The number of hydrogen-bond acceptors (Lipinski definition) is 3. The lowest BCUT2D eigenvalue weighted by Gasteiger charge is -2.09. The molecule has 0 spiro atoms. The average Bonchev–Trinajstić information content (AvgIpc) is 2.51. The molecule has 0 aliphatic heterocycles. The largest absolute Gasteiger partial charge is 0.465 e. The monoisotopic (exact) mass is 196 g/mol. The maximum Gasteiger partial charge on any atom is 0.218 e. The Morgan fingerprint density at radius 3 is 2.86 bits per heavy atom. The Balaban J connectivity index is 2.35. The lowest BCUT2D eigenvalue weighted by molar-refractivity contribution is -0.117. The normalized spacial score (nSPS) is 12.7. The van der Waals surface area contributed by atoms with Gasteiger partial charge in [-0.05, 0) is 26.0 Å². The van der Waals surface area contributed by atoms with Crippen molar-refractivity contribution >= 4 is 5.91 Å². The topological polar surface area (TPSA) is 68.3 Å². The van der Waals surface area contributed by atoms with Crippen LogP contribution in [0.3, 0.4) is 0 Å². The molecule has 0 saturated heterocycles. The fourth-order valence-electron chi connectivity index (χ4n) is 1.20. The number of carbonyl (C=O) groups excluding carboxylic acids is 1. The third-order valence-electron chi connectivity index (χ3n) is 2.01. The van der Waals surface area contributed by atoms with E-state index in [9.17, 15) is 4.79 Å². The minimum atomic E-state index is -0.291. The summed E-state index contributed by atoms with van der Waals surface area (Å²) in [6, 6.07) is 3.96. The zero-order valence-electron chi connectivity index (χ0n) is 8.54. The van der Waals surface area contributed by atoms with E-state index in [0.29, 0.717) is 13.0 Å². The lowest BCUT2D eigenvalue weighted by atomic mass is 10.2. The molecule has 1 heterocycles. The molecule has 4 nitrogen and oxygen atoms in total. The summed E-state index contributed by atoms with van der Waals surface area (Å²) in [6.07, 6.45) is 0.351. The van der Waals surface area contributed by atoms with Crippen molar-refractivity contribution in [2.75, 3.05) is 6.54 Å². The standard InChI is InChI=1S/C10H16N2O2/c1-7-3-4-9(14-7)8(2)12-6-5-10(11)13/h3-4,8,12H,5-6H2,1-2H3,(H2,11,13). The Morgan fingerprint density at radius 2 is 2.36 bits per heavy atom. The fourth-order valence-corrected chi connectivity index (χ4v) is 1.20. The van der Waals surface area contributed by atoms with Crippen LogP contribution in [0.5, 0.6) is 0 Å². The Morgan fingerprint density at radius 1 is 1.64 bits per heavy atom. The third-order valence-corrected chi connectivity index (χ3v) is 2.01. The number of amides is 1. The van der Waals surface area contributed by atoms with Crippen LogP contribution in [0.15, 0.2) is 16.5 Å². The molecule has 1 unspecified atom stereocenters. The molecule has 1 atom stereocenters. The Bertz CT molecular complexity index is 307. The number of furan rings is 1. The van der Waals surface area contributed by atoms with Crippen molar-refractivity contribution in [3.63, 3.8) is 0 Å². The quantitative estimate of drug-likeness (QED) is 0.741. The first-order valence-electron chi connectivity index (χ1n) is 4.67. The summed E-state index contributed by atoms with van der Waals surface area (Å²) in [5, 5.41) is 3.15. The molecule has 0 aromatic carbocycles. The van der Waals surface area contributed by atoms with E-state index >= 15 is 0 Å². The van der Waals surface area contributed by atoms with Crippen LogP contribution in [0.4, 0.5) is 0 Å². The van der Waals surface area contributed by atoms with Crippen LogP contribution in [-0.4, -0.2) is 12.5 Å². The molecule has 1 aromatic heterocycles. The van der Waals surface area contributed by atoms with Gasteiger partial charge in [-0.1, -0.05) is 0 Å². The highest BCUT2D eigenvalue weighted by Gasteiger charge is 2.08. The zero-order chi connectivity index (χ0) is 10.6. The van der Waals surface area contributed by atoms with Crippen LogP contribution in [-0.2, 0) is 4.79 Å². The van der Waals surface area contributed by atoms with E-state index in [1.807, 2.05) is 26.0 Å². The molecule has 3 N–H and O–H groups in total. The molecule has 4 heteroatoms. The van der Waals surface area contributed by atoms with E-state index in [4.69, 9.17) is 10.2 Å². The Hall–Kier alpha value is -1.29. The predicted octanol–water partition coefficient (Wildman–Crippen LogP) is 1.11. The van der Waals surface area contributed by atoms with Gasteiger partial charge >= 0.3 is 0 Å². The first-order chi connectivity index (χ1) is 6.59. The van der Waals surface area contributed by atoms with Gasteiger partial charge in [-0.15, -0.1) is 0 Å². The van der Waals surface area contributed by atoms with Gasteiger partial charge in [-0.3, -0.25) is 4.79 Å². The molecule has 0 saturated carbocycles. The molecular formula is C10H16N2O2. The highest BCUT2D eigenvalue weighted by atomic mass is 16.3. The second-order valence-corrected chi connectivity index (χ2v) is 3.34. The van der Waals surface area contributed by atoms with Crippen molar-refractivity contribution in [3.05, 3.63) is 23.7 Å². The molecule has 0 aliphatic rings. The number of hydrogen-bond donors (Lipinski definition) is 2. The second kappa shape index (κ2) is 4.81. The summed E-state index contributed by atoms with van der Waals surface area (Å²) in [6.45, 7) is 4.47. The van der Waals surface area contributed by atoms with E-state index in [-0.39, 0.29) is 11.9 Å². The number of aryl methyl sites for hydroxylation is 1. The van der Waals surface area contributed by atoms with Crippen LogP contribution >= 0.6 is 0 Å². The first kappa shape index (κ1) is 10.8. The van der Waals surface area contributed by atoms with Crippen LogP contribution in [0.25, 0.3) is 0 Å². The van der Waals surface area contributed by atoms with Crippen LogP contribution in [0.1, 0.15) is 30.9 Å². The van der Waals surface area contributed by atoms with Crippen molar-refractivity contribution in [2.24, 2.45) is 5.73 Å². The SMILES string of the molecule is Cc1ccc(C(C)NCCC(N)=O)o1. The smallest absolute Gasteiger partial charge is 0.218 e. The van der Waals surface area contributed by atoms with Crippen LogP contribution < -0.4 is 11.1 Å². The van der Waals surface area contributed by atoms with E-state index in [2.05, 4.69) is 5.32 Å². The molecule has 14 heavy (non-hydrogen) atoms. The van der Waals surface area contributed by atoms with Gasteiger partial charge in [0.1, 0.15) is 11.5 Å². The number of nitrogens with two attached hydrogens (primary N) is 1. The zero-order valence-corrected chi connectivity index (χ0v) is 8.54. The second-order valence-electron chi connectivity index (χ2n) is 3.34. The molecule has 1 aromatic rings. The van der Waals surface area contributed by atoms with Crippen molar-refractivity contribution < 1.29 is 9.21 Å². The third kappa shape index (κ3) is 3.22. The number of nitrogens with one attached hydrogen (secondary N) is 1. The summed E-state index contributed by atoms with van der Waals surface area (Å²) in [5.41, 5.74) is 5.02. The molecule has 1 amide bonds. The molecule has 0 fully saturated rings. The van der Waals surface area contributed by atoms with E-state index in [0.717, 1.165) is 11.5 Å². The van der Waals surface area contributed by atoms with E-state index in [1.165, 1.54) is 0 Å². The van der Waals surface area contributed by atoms with Crippen molar-refractivity contribution in [2.45, 2.75) is 26.3 Å². The maximum absolute atomic E-state index is 10.5. The van der Waals surface area contributed by atoms with Gasteiger partial charge < -0.3 is 15.5 Å². The van der Waals surface area contributed by atoms with Gasteiger partial charge in [0.15, 0.2) is 0 Å². The van der Waals surface area contributed by atoms with Gasteiger partial charge in [0.05, 0.1) is 6.04 Å². The molecule has 0 bridgehead atoms. The van der Waals surface area contributed by atoms with Crippen molar-refractivity contribution in [1.82, 2.24) is 5.32 Å². The highest BCUT2D eigenvalue weighted by molar-refractivity contribution is 5.73. The summed E-state index contributed by atoms with van der Waals surface area (Å²) in [4.78, 5) is 10.5. The van der Waals surface area contributed by atoms with Gasteiger partial charge in [0.2, 0.25) is 5.91 Å². The van der Waals surface area contributed by atoms with Gasteiger partial charge in [0, 0.05) is 13.0 Å². The van der Waals surface area contributed by atoms with Crippen molar-refractivity contribution in [1.29, 1.82) is 0 Å². The van der Waals surface area contributed by atoms with Crippen LogP contribution in [0.2, 0.25) is 0 Å². The maximum atomic E-state index is 10.5. The molecule has 78 valence electrons. The van der Waals surface area contributed by atoms with Crippen LogP contribution in [0, 0.1) is 6.92 Å². The number of carbonyl (C=O) groups is 1. The minimum Gasteiger partial charge on any atom is -0.465 e. The molecule has 0 radical (unpaired) electrons. The highest BCUT2D eigenvalue weighted by Crippen LogP contribution is 2.14. The predicted molar refractivity (Wildman–Crippen MR) is 53.7 cm³/mol. The van der Waals surface area contributed by atoms with E-state index in [1.54, 1.807) is 0 Å². The summed E-state index contributed by atoms with van der Waals surface area (Å²) in [5.74, 6) is 1.48. The summed E-state index contributed by atoms with van der Waals surface area (Å²) >= 11 is 0. The molecule has 0 aliphatic carbocycles. The number of primary amides is 1. The average molecular weight is 196 g/mol. The van der Waals surface area contributed by atoms with Gasteiger partial charge in [-0.25, -0.2) is 0 Å². The first-order valence-corrected chi connectivity index (χ1v) is 4.67. The van der Waals surface area contributed by atoms with E-state index < -0.39 is 0 Å². The Labute approximate surface area is 83.5 Å². The Kier molecular flexibility index (Phi) is 3.71.